The van der Waals surface area contributed by atoms with Crippen LogP contribution in [0, 0.1) is 5.92 Å². The van der Waals surface area contributed by atoms with Gasteiger partial charge in [-0.25, -0.2) is 0 Å². The van der Waals surface area contributed by atoms with E-state index in [-0.39, 0.29) is 11.7 Å². The van der Waals surface area contributed by atoms with Crippen LogP contribution in [-0.2, 0) is 0 Å². The molecule has 1 rings (SSSR count). The van der Waals surface area contributed by atoms with Crippen LogP contribution in [0.2, 0.25) is 5.02 Å². The molecule has 0 bridgehead atoms. The van der Waals surface area contributed by atoms with Crippen molar-refractivity contribution in [1.29, 1.82) is 0 Å². The van der Waals surface area contributed by atoms with Gasteiger partial charge in [0.15, 0.2) is 5.78 Å². The molecule has 0 aromatic carbocycles. The lowest BCUT2D eigenvalue weighted by molar-refractivity contribution is 0.0965. The molecule has 0 saturated heterocycles. The highest BCUT2D eigenvalue weighted by Crippen LogP contribution is 2.25. The lowest BCUT2D eigenvalue weighted by Gasteiger charge is -2.09. The predicted molar refractivity (Wildman–Crippen MR) is 61.1 cm³/mol. The lowest BCUT2D eigenvalue weighted by Crippen LogP contribution is -2.17. The zero-order valence-corrected chi connectivity index (χ0v) is 9.70. The molecule has 1 unspecified atom stereocenters. The number of carbonyl (C=O) groups is 1. The smallest absolute Gasteiger partial charge is 0.174 e. The molecule has 1 aromatic heterocycles. The van der Waals surface area contributed by atoms with Gasteiger partial charge in [0.05, 0.1) is 9.90 Å². The quantitative estimate of drug-likeness (QED) is 0.792. The molecule has 0 aliphatic rings. The summed E-state index contributed by atoms with van der Waals surface area (Å²) < 4.78 is 0. The summed E-state index contributed by atoms with van der Waals surface area (Å²) in [6, 6.07) is 1.75. The highest BCUT2D eigenvalue weighted by molar-refractivity contribution is 7.12. The van der Waals surface area contributed by atoms with Gasteiger partial charge in [0, 0.05) is 6.42 Å². The van der Waals surface area contributed by atoms with Gasteiger partial charge >= 0.3 is 0 Å². The molecule has 0 amide bonds. The van der Waals surface area contributed by atoms with Gasteiger partial charge < -0.3 is 5.73 Å². The normalized spacial score (nSPS) is 12.8. The number of Topliss-reactive ketones (excluding diaryl/α,β-unsaturated/α-hetero) is 1. The summed E-state index contributed by atoms with van der Waals surface area (Å²) in [6.07, 6.45) is 1.44. The molecular weight excluding hydrogens is 218 g/mol. The molecule has 14 heavy (non-hydrogen) atoms. The van der Waals surface area contributed by atoms with E-state index in [4.69, 9.17) is 17.3 Å². The molecule has 2 N–H and O–H groups in total. The maximum Gasteiger partial charge on any atom is 0.174 e. The van der Waals surface area contributed by atoms with Crippen molar-refractivity contribution in [3.63, 3.8) is 0 Å². The van der Waals surface area contributed by atoms with Crippen LogP contribution in [0.5, 0.6) is 0 Å². The van der Waals surface area contributed by atoms with Gasteiger partial charge in [-0.05, 0) is 23.9 Å². The van der Waals surface area contributed by atoms with Crippen molar-refractivity contribution >= 4 is 28.7 Å². The Kier molecular flexibility index (Phi) is 4.58. The summed E-state index contributed by atoms with van der Waals surface area (Å²) in [5, 5.41) is 2.39. The second-order valence-corrected chi connectivity index (χ2v) is 4.56. The number of thiophene rings is 1. The Morgan fingerprint density at radius 2 is 2.43 bits per heavy atom. The zero-order valence-electron chi connectivity index (χ0n) is 8.13. The summed E-state index contributed by atoms with van der Waals surface area (Å²) in [7, 11) is 0. The Bertz CT molecular complexity index is 307. The number of hydrogen-bond donors (Lipinski definition) is 1. The first kappa shape index (κ1) is 11.7. The highest BCUT2D eigenvalue weighted by atomic mass is 35.5. The number of carbonyl (C=O) groups excluding carboxylic acids is 1. The van der Waals surface area contributed by atoms with Crippen LogP contribution in [0.1, 0.15) is 29.4 Å². The first-order valence-corrected chi connectivity index (χ1v) is 5.91. The molecule has 0 aliphatic heterocycles. The van der Waals surface area contributed by atoms with Crippen LogP contribution in [0.4, 0.5) is 0 Å². The molecule has 0 aliphatic carbocycles. The van der Waals surface area contributed by atoms with Gasteiger partial charge in [-0.1, -0.05) is 24.9 Å². The first-order chi connectivity index (χ1) is 6.69. The van der Waals surface area contributed by atoms with E-state index in [1.165, 1.54) is 11.3 Å². The van der Waals surface area contributed by atoms with Crippen molar-refractivity contribution < 1.29 is 4.79 Å². The van der Waals surface area contributed by atoms with E-state index in [0.29, 0.717) is 22.9 Å². The maximum atomic E-state index is 11.7. The Morgan fingerprint density at radius 3 is 2.86 bits per heavy atom. The third-order valence-electron chi connectivity index (χ3n) is 2.26. The molecular formula is C10H14ClNOS. The summed E-state index contributed by atoms with van der Waals surface area (Å²) in [5.41, 5.74) is 5.54. The fourth-order valence-electron chi connectivity index (χ4n) is 1.24. The molecule has 0 fully saturated rings. The zero-order chi connectivity index (χ0) is 10.6. The van der Waals surface area contributed by atoms with E-state index in [1.54, 1.807) is 6.07 Å². The van der Waals surface area contributed by atoms with Crippen LogP contribution in [0.3, 0.4) is 0 Å². The SMILES string of the molecule is CCC(CN)CC(=O)c1sccc1Cl. The van der Waals surface area contributed by atoms with E-state index in [2.05, 4.69) is 0 Å². The minimum absolute atomic E-state index is 0.113. The number of hydrogen-bond acceptors (Lipinski definition) is 3. The topological polar surface area (TPSA) is 43.1 Å². The highest BCUT2D eigenvalue weighted by Gasteiger charge is 2.15. The molecule has 78 valence electrons. The van der Waals surface area contributed by atoms with Gasteiger partial charge in [-0.2, -0.15) is 0 Å². The fourth-order valence-corrected chi connectivity index (χ4v) is 2.35. The molecule has 0 saturated carbocycles. The van der Waals surface area contributed by atoms with E-state index < -0.39 is 0 Å². The second kappa shape index (κ2) is 5.49. The largest absolute Gasteiger partial charge is 0.330 e. The van der Waals surface area contributed by atoms with Gasteiger partial charge in [-0.3, -0.25) is 4.79 Å². The standard InChI is InChI=1S/C10H14ClNOS/c1-2-7(6-12)5-9(13)10-8(11)3-4-14-10/h3-4,7H,2,5-6,12H2,1H3. The van der Waals surface area contributed by atoms with Crippen molar-refractivity contribution in [3.8, 4) is 0 Å². The van der Waals surface area contributed by atoms with E-state index in [9.17, 15) is 4.79 Å². The molecule has 4 heteroatoms. The van der Waals surface area contributed by atoms with Crippen molar-refractivity contribution in [2.24, 2.45) is 11.7 Å². The third kappa shape index (κ3) is 2.80. The number of halogens is 1. The average molecular weight is 232 g/mol. The Hall–Kier alpha value is -0.380. The summed E-state index contributed by atoms with van der Waals surface area (Å²) >= 11 is 7.26. The molecule has 1 atom stereocenters. The van der Waals surface area contributed by atoms with Crippen molar-refractivity contribution in [2.45, 2.75) is 19.8 Å². The molecule has 0 spiro atoms. The Balaban J connectivity index is 2.63. The number of nitrogens with two attached hydrogens (primary N) is 1. The summed E-state index contributed by atoms with van der Waals surface area (Å²) in [4.78, 5) is 12.4. The minimum atomic E-state index is 0.113. The maximum absolute atomic E-state index is 11.7. The van der Waals surface area contributed by atoms with Crippen molar-refractivity contribution in [3.05, 3.63) is 21.3 Å². The Morgan fingerprint density at radius 1 is 1.71 bits per heavy atom. The van der Waals surface area contributed by atoms with Gasteiger partial charge in [0.25, 0.3) is 0 Å². The van der Waals surface area contributed by atoms with E-state index >= 15 is 0 Å². The van der Waals surface area contributed by atoms with Crippen LogP contribution in [-0.4, -0.2) is 12.3 Å². The fraction of sp³-hybridized carbons (Fsp3) is 0.500. The monoisotopic (exact) mass is 231 g/mol. The van der Waals surface area contributed by atoms with Gasteiger partial charge in [0.1, 0.15) is 0 Å². The number of ketones is 1. The van der Waals surface area contributed by atoms with Crippen LogP contribution < -0.4 is 5.73 Å². The third-order valence-corrected chi connectivity index (χ3v) is 3.64. The van der Waals surface area contributed by atoms with Crippen LogP contribution >= 0.6 is 22.9 Å². The average Bonchev–Trinajstić information content (AvgIpc) is 2.60. The van der Waals surface area contributed by atoms with Crippen LogP contribution in [0.25, 0.3) is 0 Å². The molecule has 0 radical (unpaired) electrons. The molecule has 2 nitrogen and oxygen atoms in total. The Labute approximate surface area is 93.1 Å². The summed E-state index contributed by atoms with van der Waals surface area (Å²) in [6.45, 7) is 2.60. The van der Waals surface area contributed by atoms with E-state index in [1.807, 2.05) is 12.3 Å². The summed E-state index contributed by atoms with van der Waals surface area (Å²) in [5.74, 6) is 0.392. The molecule has 1 heterocycles. The lowest BCUT2D eigenvalue weighted by atomic mass is 9.99. The minimum Gasteiger partial charge on any atom is -0.330 e. The van der Waals surface area contributed by atoms with E-state index in [0.717, 1.165) is 6.42 Å². The van der Waals surface area contributed by atoms with Gasteiger partial charge in [-0.15, -0.1) is 11.3 Å². The van der Waals surface area contributed by atoms with Crippen molar-refractivity contribution in [1.82, 2.24) is 0 Å². The second-order valence-electron chi connectivity index (χ2n) is 3.23. The number of rotatable bonds is 5. The van der Waals surface area contributed by atoms with Crippen LogP contribution in [0.15, 0.2) is 11.4 Å². The van der Waals surface area contributed by atoms with Crippen molar-refractivity contribution in [2.75, 3.05) is 6.54 Å². The molecule has 1 aromatic rings. The predicted octanol–water partition coefficient (Wildman–Crippen LogP) is 2.96. The van der Waals surface area contributed by atoms with Gasteiger partial charge in [0.2, 0.25) is 0 Å². The first-order valence-electron chi connectivity index (χ1n) is 4.65.